The van der Waals surface area contributed by atoms with Crippen LogP contribution < -0.4 is 15.4 Å². The number of carbonyl (C=O) groups is 3. The number of halogens is 1. The Morgan fingerprint density at radius 3 is 2.32 bits per heavy atom. The molecule has 0 radical (unpaired) electrons. The molecule has 3 rings (SSSR count). The van der Waals surface area contributed by atoms with Gasteiger partial charge < -0.3 is 20.3 Å². The zero-order valence-corrected chi connectivity index (χ0v) is 19.8. The maximum absolute atomic E-state index is 13.5. The molecular formula is C26H32FN3O4. The van der Waals surface area contributed by atoms with Crippen molar-refractivity contribution in [3.63, 3.8) is 0 Å². The molecule has 1 aliphatic heterocycles. The minimum atomic E-state index is -0.727. The summed E-state index contributed by atoms with van der Waals surface area (Å²) >= 11 is 0. The molecule has 2 aromatic rings. The number of nitrogens with one attached hydrogen (secondary N) is 2. The van der Waals surface area contributed by atoms with Crippen molar-refractivity contribution in [2.24, 2.45) is 5.92 Å². The Morgan fingerprint density at radius 1 is 1.06 bits per heavy atom. The van der Waals surface area contributed by atoms with Crippen molar-refractivity contribution in [2.75, 3.05) is 20.2 Å². The first-order valence-corrected chi connectivity index (χ1v) is 11.6. The SMILES string of the molecule is CC[C@@H](C)NC(=O)[C@H](NC(=O)c1ccc(OC)cc1)C1CCN(C(=O)c2cccc(F)c2)CC1. The van der Waals surface area contributed by atoms with Crippen molar-refractivity contribution in [2.45, 2.75) is 45.2 Å². The van der Waals surface area contributed by atoms with Crippen LogP contribution in [0, 0.1) is 11.7 Å². The maximum atomic E-state index is 13.5. The standard InChI is InChI=1S/C26H32FN3O4/c1-4-17(2)28-25(32)23(29-24(31)19-8-10-22(34-3)11-9-19)18-12-14-30(15-13-18)26(33)20-6-5-7-21(27)16-20/h5-11,16-18,23H,4,12-15H2,1-3H3,(H,28,32)(H,29,31)/t17-,23-/m1/s1. The van der Waals surface area contributed by atoms with Gasteiger partial charge in [0.25, 0.3) is 11.8 Å². The molecule has 0 saturated carbocycles. The Labute approximate surface area is 199 Å². The molecule has 1 fully saturated rings. The fourth-order valence-electron chi connectivity index (χ4n) is 4.04. The second-order valence-electron chi connectivity index (χ2n) is 8.64. The molecule has 0 unspecified atom stereocenters. The Balaban J connectivity index is 1.70. The second kappa shape index (κ2) is 11.6. The van der Waals surface area contributed by atoms with Crippen LogP contribution in [0.2, 0.25) is 0 Å². The van der Waals surface area contributed by atoms with Gasteiger partial charge in [-0.15, -0.1) is 0 Å². The van der Waals surface area contributed by atoms with E-state index in [0.717, 1.165) is 6.42 Å². The number of nitrogens with zero attached hydrogens (tertiary/aromatic N) is 1. The molecule has 1 heterocycles. The maximum Gasteiger partial charge on any atom is 0.253 e. The molecule has 1 saturated heterocycles. The van der Waals surface area contributed by atoms with Gasteiger partial charge in [0.2, 0.25) is 5.91 Å². The molecule has 0 aromatic heterocycles. The van der Waals surface area contributed by atoms with Crippen LogP contribution in [0.4, 0.5) is 4.39 Å². The van der Waals surface area contributed by atoms with Crippen molar-refractivity contribution < 1.29 is 23.5 Å². The van der Waals surface area contributed by atoms with Crippen molar-refractivity contribution >= 4 is 17.7 Å². The van der Waals surface area contributed by atoms with Gasteiger partial charge in [0, 0.05) is 30.3 Å². The molecule has 2 aromatic carbocycles. The van der Waals surface area contributed by atoms with E-state index in [1.165, 1.54) is 18.2 Å². The lowest BCUT2D eigenvalue weighted by Crippen LogP contribution is -2.55. The summed E-state index contributed by atoms with van der Waals surface area (Å²) in [7, 11) is 1.55. The van der Waals surface area contributed by atoms with Gasteiger partial charge in [0.05, 0.1) is 7.11 Å². The molecule has 0 spiro atoms. The van der Waals surface area contributed by atoms with Crippen LogP contribution in [0.3, 0.4) is 0 Å². The highest BCUT2D eigenvalue weighted by Gasteiger charge is 2.34. The van der Waals surface area contributed by atoms with Crippen LogP contribution in [0.5, 0.6) is 5.75 Å². The summed E-state index contributed by atoms with van der Waals surface area (Å²) in [6, 6.07) is 11.6. The second-order valence-corrected chi connectivity index (χ2v) is 8.64. The van der Waals surface area contributed by atoms with Crippen molar-refractivity contribution in [3.8, 4) is 5.75 Å². The summed E-state index contributed by atoms with van der Waals surface area (Å²) < 4.78 is 18.7. The highest BCUT2D eigenvalue weighted by atomic mass is 19.1. The van der Waals surface area contributed by atoms with Crippen molar-refractivity contribution in [3.05, 3.63) is 65.5 Å². The number of hydrogen-bond donors (Lipinski definition) is 2. The summed E-state index contributed by atoms with van der Waals surface area (Å²) in [6.45, 7) is 4.74. The van der Waals surface area contributed by atoms with Gasteiger partial charge in [0.1, 0.15) is 17.6 Å². The Morgan fingerprint density at radius 2 is 1.74 bits per heavy atom. The van der Waals surface area contributed by atoms with E-state index >= 15 is 0 Å². The van der Waals surface area contributed by atoms with E-state index in [1.807, 2.05) is 13.8 Å². The van der Waals surface area contributed by atoms with Gasteiger partial charge in [-0.05, 0) is 74.6 Å². The first-order valence-electron chi connectivity index (χ1n) is 11.6. The van der Waals surface area contributed by atoms with Gasteiger partial charge in [-0.3, -0.25) is 14.4 Å². The average Bonchev–Trinajstić information content (AvgIpc) is 2.86. The number of hydrogen-bond acceptors (Lipinski definition) is 4. The molecule has 1 aliphatic rings. The molecule has 2 N–H and O–H groups in total. The lowest BCUT2D eigenvalue weighted by atomic mass is 9.88. The van der Waals surface area contributed by atoms with Crippen LogP contribution in [-0.2, 0) is 4.79 Å². The van der Waals surface area contributed by atoms with E-state index in [1.54, 1.807) is 42.3 Å². The minimum Gasteiger partial charge on any atom is -0.497 e. The molecule has 182 valence electrons. The Kier molecular flexibility index (Phi) is 8.62. The van der Waals surface area contributed by atoms with Crippen LogP contribution in [0.1, 0.15) is 53.8 Å². The van der Waals surface area contributed by atoms with Crippen LogP contribution in [-0.4, -0.2) is 54.9 Å². The molecule has 34 heavy (non-hydrogen) atoms. The minimum absolute atomic E-state index is 0.0254. The first-order chi connectivity index (χ1) is 16.3. The zero-order valence-electron chi connectivity index (χ0n) is 19.8. The average molecular weight is 470 g/mol. The summed E-state index contributed by atoms with van der Waals surface area (Å²) in [5.74, 6) is -0.762. The molecule has 7 nitrogen and oxygen atoms in total. The molecule has 3 amide bonds. The van der Waals surface area contributed by atoms with Gasteiger partial charge in [-0.2, -0.15) is 0 Å². The first kappa shape index (κ1) is 25.2. The monoisotopic (exact) mass is 469 g/mol. The van der Waals surface area contributed by atoms with Crippen molar-refractivity contribution in [1.82, 2.24) is 15.5 Å². The van der Waals surface area contributed by atoms with E-state index in [-0.39, 0.29) is 29.7 Å². The molecule has 2 atom stereocenters. The van der Waals surface area contributed by atoms with Gasteiger partial charge in [0.15, 0.2) is 0 Å². The highest BCUT2D eigenvalue weighted by molar-refractivity contribution is 5.98. The third kappa shape index (κ3) is 6.34. The molecule has 0 aliphatic carbocycles. The largest absolute Gasteiger partial charge is 0.497 e. The van der Waals surface area contributed by atoms with E-state index in [4.69, 9.17) is 4.74 Å². The summed E-state index contributed by atoms with van der Waals surface area (Å²) in [5.41, 5.74) is 0.734. The number of benzene rings is 2. The third-order valence-electron chi connectivity index (χ3n) is 6.29. The van der Waals surface area contributed by atoms with Crippen LogP contribution in [0.25, 0.3) is 0 Å². The molecular weight excluding hydrogens is 437 g/mol. The molecule has 8 heteroatoms. The van der Waals surface area contributed by atoms with E-state index in [2.05, 4.69) is 10.6 Å². The Hall–Kier alpha value is -3.42. The Bertz CT molecular complexity index is 1000. The fourth-order valence-corrected chi connectivity index (χ4v) is 4.04. The number of amides is 3. The topological polar surface area (TPSA) is 87.7 Å². The van der Waals surface area contributed by atoms with Crippen molar-refractivity contribution in [1.29, 1.82) is 0 Å². The predicted molar refractivity (Wildman–Crippen MR) is 127 cm³/mol. The molecule has 0 bridgehead atoms. The number of ether oxygens (including phenoxy) is 1. The van der Waals surface area contributed by atoms with Gasteiger partial charge in [-0.1, -0.05) is 13.0 Å². The van der Waals surface area contributed by atoms with Crippen LogP contribution in [0.15, 0.2) is 48.5 Å². The van der Waals surface area contributed by atoms with Gasteiger partial charge in [-0.25, -0.2) is 4.39 Å². The number of likely N-dealkylation sites (tertiary alicyclic amines) is 1. The van der Waals surface area contributed by atoms with Crippen LogP contribution >= 0.6 is 0 Å². The van der Waals surface area contributed by atoms with E-state index < -0.39 is 11.9 Å². The summed E-state index contributed by atoms with van der Waals surface area (Å²) in [5, 5.41) is 5.88. The third-order valence-corrected chi connectivity index (χ3v) is 6.29. The highest BCUT2D eigenvalue weighted by Crippen LogP contribution is 2.23. The quantitative estimate of drug-likeness (QED) is 0.620. The lowest BCUT2D eigenvalue weighted by Gasteiger charge is -2.36. The number of carbonyl (C=O) groups excluding carboxylic acids is 3. The number of rotatable bonds is 8. The smallest absolute Gasteiger partial charge is 0.253 e. The summed E-state index contributed by atoms with van der Waals surface area (Å²) in [4.78, 5) is 40.4. The van der Waals surface area contributed by atoms with Gasteiger partial charge >= 0.3 is 0 Å². The number of methoxy groups -OCH3 is 1. The summed E-state index contributed by atoms with van der Waals surface area (Å²) in [6.07, 6.45) is 1.86. The normalized spacial score (nSPS) is 15.8. The lowest BCUT2D eigenvalue weighted by molar-refractivity contribution is -0.125. The van der Waals surface area contributed by atoms with E-state index in [0.29, 0.717) is 42.8 Å². The zero-order chi connectivity index (χ0) is 24.7. The fraction of sp³-hybridized carbons (Fsp3) is 0.423. The number of piperidine rings is 1. The van der Waals surface area contributed by atoms with E-state index in [9.17, 15) is 18.8 Å². The predicted octanol–water partition coefficient (Wildman–Crippen LogP) is 3.40.